The van der Waals surface area contributed by atoms with Gasteiger partial charge in [-0.3, -0.25) is 0 Å². The fourth-order valence-corrected chi connectivity index (χ4v) is 8.39. The SMILES string of the molecule is c1ccc2c(c1)Cc1cc(-c3ccc4c(ccc5cc(-n6c7ccccc7c7ccccc76)ccc54)c3)cc3c4ccccc4n-2c13. The van der Waals surface area contributed by atoms with Crippen LogP contribution in [0.1, 0.15) is 11.1 Å². The molecule has 10 aromatic rings. The maximum atomic E-state index is 2.47. The van der Waals surface area contributed by atoms with E-state index in [-0.39, 0.29) is 0 Å². The zero-order valence-corrected chi connectivity index (χ0v) is 25.6. The lowest BCUT2D eigenvalue weighted by molar-refractivity contribution is 1.04. The maximum absolute atomic E-state index is 2.47. The van der Waals surface area contributed by atoms with Crippen molar-refractivity contribution in [3.05, 3.63) is 169 Å². The van der Waals surface area contributed by atoms with E-state index in [1.54, 1.807) is 0 Å². The Kier molecular flexibility index (Phi) is 4.92. The lowest BCUT2D eigenvalue weighted by atomic mass is 9.92. The topological polar surface area (TPSA) is 9.86 Å². The first-order chi connectivity index (χ1) is 23.3. The number of aromatic nitrogens is 2. The molecule has 0 unspecified atom stereocenters. The summed E-state index contributed by atoms with van der Waals surface area (Å²) in [6.45, 7) is 0. The first-order valence-electron chi connectivity index (χ1n) is 16.4. The van der Waals surface area contributed by atoms with Crippen LogP contribution in [0.4, 0.5) is 0 Å². The molecule has 2 aromatic heterocycles. The number of fused-ring (bicyclic) bond motifs is 11. The normalized spacial score (nSPS) is 12.6. The summed E-state index contributed by atoms with van der Waals surface area (Å²) >= 11 is 0. The second-order valence-electron chi connectivity index (χ2n) is 13.0. The molecule has 0 saturated carbocycles. The summed E-state index contributed by atoms with van der Waals surface area (Å²) in [4.78, 5) is 0. The maximum Gasteiger partial charge on any atom is 0.0577 e. The average Bonchev–Trinajstić information content (AvgIpc) is 3.65. The van der Waals surface area contributed by atoms with Crippen molar-refractivity contribution >= 4 is 65.2 Å². The highest BCUT2D eigenvalue weighted by Gasteiger charge is 2.23. The molecule has 11 rings (SSSR count). The fourth-order valence-electron chi connectivity index (χ4n) is 8.39. The molecule has 0 fully saturated rings. The molecule has 0 radical (unpaired) electrons. The number of para-hydroxylation sites is 4. The molecule has 2 nitrogen and oxygen atoms in total. The Labute approximate surface area is 271 Å². The number of nitrogens with zero attached hydrogens (tertiary/aromatic N) is 2. The third-order valence-electron chi connectivity index (χ3n) is 10.5. The van der Waals surface area contributed by atoms with Gasteiger partial charge in [-0.05, 0) is 98.4 Å². The van der Waals surface area contributed by atoms with E-state index in [0.717, 1.165) is 6.42 Å². The van der Waals surface area contributed by atoms with Gasteiger partial charge in [0.25, 0.3) is 0 Å². The van der Waals surface area contributed by atoms with Crippen LogP contribution < -0.4 is 0 Å². The van der Waals surface area contributed by atoms with E-state index in [4.69, 9.17) is 0 Å². The van der Waals surface area contributed by atoms with Crippen LogP contribution in [-0.4, -0.2) is 9.13 Å². The predicted molar refractivity (Wildman–Crippen MR) is 198 cm³/mol. The van der Waals surface area contributed by atoms with E-state index in [1.165, 1.54) is 98.8 Å². The molecular weight excluding hydrogens is 569 g/mol. The summed E-state index contributed by atoms with van der Waals surface area (Å²) in [5.74, 6) is 0. The van der Waals surface area contributed by atoms with Gasteiger partial charge in [0.15, 0.2) is 0 Å². The average molecular weight is 597 g/mol. The van der Waals surface area contributed by atoms with Gasteiger partial charge in [-0.15, -0.1) is 0 Å². The van der Waals surface area contributed by atoms with Gasteiger partial charge >= 0.3 is 0 Å². The quantitative estimate of drug-likeness (QED) is 0.176. The molecule has 0 saturated heterocycles. The van der Waals surface area contributed by atoms with Gasteiger partial charge in [-0.1, -0.05) is 103 Å². The van der Waals surface area contributed by atoms with Gasteiger partial charge in [0.2, 0.25) is 0 Å². The van der Waals surface area contributed by atoms with Gasteiger partial charge in [-0.2, -0.15) is 0 Å². The van der Waals surface area contributed by atoms with Crippen molar-refractivity contribution in [3.63, 3.8) is 0 Å². The van der Waals surface area contributed by atoms with E-state index >= 15 is 0 Å². The van der Waals surface area contributed by atoms with Crippen LogP contribution in [0.25, 0.3) is 87.7 Å². The summed E-state index contributed by atoms with van der Waals surface area (Å²) in [7, 11) is 0. The Hall–Kier alpha value is -6.12. The van der Waals surface area contributed by atoms with E-state index in [0.29, 0.717) is 0 Å². The van der Waals surface area contributed by atoms with Gasteiger partial charge in [0.05, 0.1) is 22.1 Å². The van der Waals surface area contributed by atoms with Gasteiger partial charge in [0.1, 0.15) is 0 Å². The molecule has 2 heteroatoms. The summed E-state index contributed by atoms with van der Waals surface area (Å²) in [6, 6.07) is 58.5. The Balaban J connectivity index is 1.07. The van der Waals surface area contributed by atoms with Gasteiger partial charge < -0.3 is 9.13 Å². The Morgan fingerprint density at radius 1 is 0.362 bits per heavy atom. The first kappa shape index (κ1) is 25.1. The van der Waals surface area contributed by atoms with Crippen molar-refractivity contribution in [2.45, 2.75) is 6.42 Å². The molecule has 47 heavy (non-hydrogen) atoms. The van der Waals surface area contributed by atoms with Crippen LogP contribution in [0.15, 0.2) is 158 Å². The molecule has 0 amide bonds. The van der Waals surface area contributed by atoms with E-state index in [1.807, 2.05) is 0 Å². The van der Waals surface area contributed by atoms with Crippen molar-refractivity contribution in [1.82, 2.24) is 9.13 Å². The monoisotopic (exact) mass is 596 g/mol. The van der Waals surface area contributed by atoms with Crippen molar-refractivity contribution in [2.75, 3.05) is 0 Å². The second kappa shape index (κ2) is 9.22. The first-order valence-corrected chi connectivity index (χ1v) is 16.4. The van der Waals surface area contributed by atoms with Gasteiger partial charge in [-0.25, -0.2) is 0 Å². The summed E-state index contributed by atoms with van der Waals surface area (Å²) in [5.41, 5.74) is 12.9. The fraction of sp³-hybridized carbons (Fsp3) is 0.0222. The lowest BCUT2D eigenvalue weighted by Gasteiger charge is -2.21. The van der Waals surface area contributed by atoms with E-state index in [9.17, 15) is 0 Å². The third kappa shape index (κ3) is 3.45. The molecule has 1 aliphatic rings. The van der Waals surface area contributed by atoms with Crippen LogP contribution in [0.3, 0.4) is 0 Å². The number of hydrogen-bond donors (Lipinski definition) is 0. The molecule has 0 atom stereocenters. The minimum absolute atomic E-state index is 0.948. The Bertz CT molecular complexity index is 2880. The number of rotatable bonds is 2. The zero-order chi connectivity index (χ0) is 30.6. The van der Waals surface area contributed by atoms with Crippen molar-refractivity contribution in [3.8, 4) is 22.5 Å². The van der Waals surface area contributed by atoms with Crippen molar-refractivity contribution < 1.29 is 0 Å². The van der Waals surface area contributed by atoms with Gasteiger partial charge in [0, 0.05) is 39.3 Å². The molecule has 3 heterocycles. The highest BCUT2D eigenvalue weighted by Crippen LogP contribution is 2.42. The minimum Gasteiger partial charge on any atom is -0.309 e. The smallest absolute Gasteiger partial charge is 0.0577 e. The zero-order valence-electron chi connectivity index (χ0n) is 25.6. The standard InChI is InChI=1S/C45H28N2/c1-5-13-41-31(9-1)24-33-25-32(27-40-39-12-4-8-16-44(39)47(41)45(33)40)28-19-21-35-29(23-28)17-18-30-26-34(20-22-36(30)35)46-42-14-6-2-10-37(42)38-11-3-7-15-43(38)46/h1-23,25-27H,24H2. The number of hydrogen-bond acceptors (Lipinski definition) is 0. The molecule has 0 N–H and O–H groups in total. The van der Waals surface area contributed by atoms with Crippen LogP contribution in [0.2, 0.25) is 0 Å². The highest BCUT2D eigenvalue weighted by molar-refractivity contribution is 6.14. The Morgan fingerprint density at radius 2 is 0.957 bits per heavy atom. The van der Waals surface area contributed by atoms with Crippen molar-refractivity contribution in [2.24, 2.45) is 0 Å². The molecular formula is C45H28N2. The van der Waals surface area contributed by atoms with E-state index < -0.39 is 0 Å². The molecule has 218 valence electrons. The third-order valence-corrected chi connectivity index (χ3v) is 10.5. The van der Waals surface area contributed by atoms with Crippen molar-refractivity contribution in [1.29, 1.82) is 0 Å². The summed E-state index contributed by atoms with van der Waals surface area (Å²) in [6.07, 6.45) is 0.948. The lowest BCUT2D eigenvalue weighted by Crippen LogP contribution is -2.07. The van der Waals surface area contributed by atoms with Crippen LogP contribution >= 0.6 is 0 Å². The Morgan fingerprint density at radius 3 is 1.70 bits per heavy atom. The molecule has 0 spiro atoms. The molecule has 1 aliphatic heterocycles. The summed E-state index contributed by atoms with van der Waals surface area (Å²) < 4.78 is 4.87. The molecule has 0 aliphatic carbocycles. The minimum atomic E-state index is 0.948. The molecule has 8 aromatic carbocycles. The van der Waals surface area contributed by atoms with E-state index in [2.05, 4.69) is 167 Å². The van der Waals surface area contributed by atoms with Crippen LogP contribution in [0, 0.1) is 0 Å². The highest BCUT2D eigenvalue weighted by atomic mass is 15.0. The predicted octanol–water partition coefficient (Wildman–Crippen LogP) is 11.8. The number of benzene rings is 8. The molecule has 0 bridgehead atoms. The van der Waals surface area contributed by atoms with Crippen LogP contribution in [0.5, 0.6) is 0 Å². The second-order valence-corrected chi connectivity index (χ2v) is 13.0. The largest absolute Gasteiger partial charge is 0.309 e. The summed E-state index contributed by atoms with van der Waals surface area (Å²) in [5, 5.41) is 10.3. The van der Waals surface area contributed by atoms with Crippen LogP contribution in [-0.2, 0) is 6.42 Å².